The number of aromatic nitrogens is 4. The molecule has 3 rings (SSSR count). The molecule has 0 spiro atoms. The predicted octanol–water partition coefficient (Wildman–Crippen LogP) is 0.147. The second-order valence-electron chi connectivity index (χ2n) is 3.34. The molecular weight excluding hydrogens is 286 g/mol. The number of nitrogens with zero attached hydrogens (tertiary/aromatic N) is 3. The fourth-order valence-electron chi connectivity index (χ4n) is 1.43. The molecule has 6 heteroatoms. The van der Waals surface area contributed by atoms with Crippen LogP contribution in [0.3, 0.4) is 0 Å². The molecule has 0 bridgehead atoms. The van der Waals surface area contributed by atoms with Crippen LogP contribution >= 0.6 is 0 Å². The number of rotatable bonds is 2. The van der Waals surface area contributed by atoms with Gasteiger partial charge in [0.25, 0.3) is 0 Å². The summed E-state index contributed by atoms with van der Waals surface area (Å²) in [4.78, 5) is 15.4. The zero-order valence-electron chi connectivity index (χ0n) is 8.59. The fraction of sp³-hybridized carbons (Fsp3) is 0. The normalized spacial score (nSPS) is 10.9. The van der Waals surface area contributed by atoms with E-state index in [2.05, 4.69) is 19.9 Å². The third kappa shape index (κ3) is 2.05. The maximum absolute atomic E-state index is 12.8. The number of nitrogens with one attached hydrogen (secondary N) is 1. The first kappa shape index (κ1) is 10.4. The minimum atomic E-state index is -0.223. The Hall–Kier alpha value is -1.78. The number of aromatic amines is 1. The zero-order valence-corrected chi connectivity index (χ0v) is 10.3. The van der Waals surface area contributed by atoms with Crippen molar-refractivity contribution in [2.24, 2.45) is 0 Å². The molecule has 84 valence electrons. The van der Waals surface area contributed by atoms with Crippen molar-refractivity contribution < 1.29 is 4.39 Å². The van der Waals surface area contributed by atoms with Crippen molar-refractivity contribution in [2.45, 2.75) is 0 Å². The number of halogens is 1. The van der Waals surface area contributed by atoms with Crippen molar-refractivity contribution in [1.82, 2.24) is 19.9 Å². The number of fused-ring (bicyclic) bond motifs is 1. The number of imidazole rings is 1. The second-order valence-corrected chi connectivity index (χ2v) is 5.56. The number of hydrogen-bond donors (Lipinski definition) is 1. The van der Waals surface area contributed by atoms with Crippen molar-refractivity contribution in [3.63, 3.8) is 0 Å². The second kappa shape index (κ2) is 4.24. The first-order valence-electron chi connectivity index (χ1n) is 4.90. The molecule has 0 saturated carbocycles. The van der Waals surface area contributed by atoms with Crippen molar-refractivity contribution in [2.75, 3.05) is 0 Å². The average molecular weight is 293 g/mol. The van der Waals surface area contributed by atoms with Crippen molar-refractivity contribution >= 4 is 35.2 Å². The van der Waals surface area contributed by atoms with Gasteiger partial charge in [-0.3, -0.25) is 0 Å². The maximum atomic E-state index is 12.8. The van der Waals surface area contributed by atoms with Crippen molar-refractivity contribution in [1.29, 1.82) is 0 Å². The molecule has 2 heterocycles. The summed E-state index contributed by atoms with van der Waals surface area (Å²) in [7, 11) is 0. The standard InChI is InChI=1S/C11H7FN4Se/c12-7-1-3-8(4-2-7)17-11-9-10(14-5-13-9)15-6-16-11/h1-6H,(H,13,14,15,16). The number of benzene rings is 1. The van der Waals surface area contributed by atoms with E-state index in [1.165, 1.54) is 18.5 Å². The molecule has 2 aromatic heterocycles. The molecule has 1 aromatic carbocycles. The summed E-state index contributed by atoms with van der Waals surface area (Å²) in [6.45, 7) is 0. The van der Waals surface area contributed by atoms with E-state index in [1.807, 2.05) is 0 Å². The molecule has 0 aliphatic carbocycles. The summed E-state index contributed by atoms with van der Waals surface area (Å²) < 4.78 is 14.8. The Kier molecular flexibility index (Phi) is 2.59. The molecule has 1 N–H and O–H groups in total. The molecule has 0 aliphatic heterocycles. The molecule has 0 fully saturated rings. The van der Waals surface area contributed by atoms with Crippen LogP contribution in [0.5, 0.6) is 0 Å². The Morgan fingerprint density at radius 2 is 1.88 bits per heavy atom. The van der Waals surface area contributed by atoms with Gasteiger partial charge in [-0.05, 0) is 0 Å². The van der Waals surface area contributed by atoms with Crippen LogP contribution in [0.25, 0.3) is 11.2 Å². The topological polar surface area (TPSA) is 54.5 Å². The van der Waals surface area contributed by atoms with Gasteiger partial charge in [-0.2, -0.15) is 0 Å². The molecule has 17 heavy (non-hydrogen) atoms. The van der Waals surface area contributed by atoms with Gasteiger partial charge in [-0.15, -0.1) is 0 Å². The first-order chi connectivity index (χ1) is 8.33. The van der Waals surface area contributed by atoms with E-state index >= 15 is 0 Å². The van der Waals surface area contributed by atoms with E-state index < -0.39 is 0 Å². The van der Waals surface area contributed by atoms with Crippen LogP contribution in [0.15, 0.2) is 36.9 Å². The van der Waals surface area contributed by atoms with E-state index in [0.717, 1.165) is 14.6 Å². The average Bonchev–Trinajstić information content (AvgIpc) is 2.81. The van der Waals surface area contributed by atoms with Crippen LogP contribution in [0, 0.1) is 5.82 Å². The van der Waals surface area contributed by atoms with E-state index in [4.69, 9.17) is 0 Å². The Morgan fingerprint density at radius 3 is 2.71 bits per heavy atom. The monoisotopic (exact) mass is 294 g/mol. The number of hydrogen-bond acceptors (Lipinski definition) is 3. The third-order valence-electron chi connectivity index (χ3n) is 2.22. The van der Waals surface area contributed by atoms with Gasteiger partial charge in [0.05, 0.1) is 0 Å². The summed E-state index contributed by atoms with van der Waals surface area (Å²) in [6, 6.07) is 6.48. The molecule has 0 saturated heterocycles. The van der Waals surface area contributed by atoms with Gasteiger partial charge in [-0.1, -0.05) is 0 Å². The molecule has 4 nitrogen and oxygen atoms in total. The molecule has 0 unspecified atom stereocenters. The molecule has 0 radical (unpaired) electrons. The minimum absolute atomic E-state index is 0.0153. The Morgan fingerprint density at radius 1 is 1.06 bits per heavy atom. The Labute approximate surface area is 102 Å². The predicted molar refractivity (Wildman–Crippen MR) is 63.1 cm³/mol. The van der Waals surface area contributed by atoms with Crippen LogP contribution in [-0.4, -0.2) is 34.9 Å². The molecule has 0 aliphatic rings. The van der Waals surface area contributed by atoms with Gasteiger partial charge in [0.15, 0.2) is 0 Å². The summed E-state index contributed by atoms with van der Waals surface area (Å²) >= 11 is 0.0153. The van der Waals surface area contributed by atoms with E-state index in [9.17, 15) is 4.39 Å². The SMILES string of the molecule is Fc1ccc([Se]c2ncnc3nc[nH]c23)cc1. The van der Waals surface area contributed by atoms with Crippen molar-refractivity contribution in [3.05, 3.63) is 42.7 Å². The zero-order chi connectivity index (χ0) is 11.7. The van der Waals surface area contributed by atoms with Crippen LogP contribution in [0.4, 0.5) is 4.39 Å². The molecule has 0 amide bonds. The van der Waals surface area contributed by atoms with Crippen LogP contribution in [-0.2, 0) is 0 Å². The van der Waals surface area contributed by atoms with Crippen molar-refractivity contribution in [3.8, 4) is 0 Å². The quantitative estimate of drug-likeness (QED) is 0.684. The Bertz CT molecular complexity index is 650. The van der Waals surface area contributed by atoms with E-state index in [-0.39, 0.29) is 20.8 Å². The van der Waals surface area contributed by atoms with Gasteiger partial charge in [0.1, 0.15) is 0 Å². The summed E-state index contributed by atoms with van der Waals surface area (Å²) in [5.41, 5.74) is 1.52. The van der Waals surface area contributed by atoms with Gasteiger partial charge >= 0.3 is 102 Å². The van der Waals surface area contributed by atoms with E-state index in [1.54, 1.807) is 18.5 Å². The number of H-pyrrole nitrogens is 1. The first-order valence-corrected chi connectivity index (χ1v) is 6.62. The summed E-state index contributed by atoms with van der Waals surface area (Å²) in [5, 5.41) is 0. The van der Waals surface area contributed by atoms with Crippen LogP contribution < -0.4 is 9.05 Å². The Balaban J connectivity index is 1.99. The van der Waals surface area contributed by atoms with Gasteiger partial charge in [0.2, 0.25) is 0 Å². The van der Waals surface area contributed by atoms with Crippen LogP contribution in [0.1, 0.15) is 0 Å². The van der Waals surface area contributed by atoms with E-state index in [0.29, 0.717) is 5.65 Å². The van der Waals surface area contributed by atoms with Gasteiger partial charge in [-0.25, -0.2) is 0 Å². The molecule has 0 atom stereocenters. The third-order valence-corrected chi connectivity index (χ3v) is 4.34. The van der Waals surface area contributed by atoms with Crippen LogP contribution in [0.2, 0.25) is 0 Å². The molecular formula is C11H7FN4Se. The van der Waals surface area contributed by atoms with Gasteiger partial charge in [0, 0.05) is 0 Å². The molecule has 3 aromatic rings. The van der Waals surface area contributed by atoms with Gasteiger partial charge < -0.3 is 0 Å². The summed E-state index contributed by atoms with van der Waals surface area (Å²) in [5.74, 6) is -0.223. The fourth-order valence-corrected chi connectivity index (χ4v) is 3.21. The summed E-state index contributed by atoms with van der Waals surface area (Å²) in [6.07, 6.45) is 3.10.